The van der Waals surface area contributed by atoms with Crippen LogP contribution >= 0.6 is 0 Å². The van der Waals surface area contributed by atoms with Crippen LogP contribution in [0.1, 0.15) is 43.1 Å². The minimum absolute atomic E-state index is 0.0925. The number of carbonyl (C=O) groups is 1. The van der Waals surface area contributed by atoms with Gasteiger partial charge in [0.05, 0.1) is 37.8 Å². The molecule has 1 aliphatic carbocycles. The first kappa shape index (κ1) is 21.9. The molecule has 0 saturated heterocycles. The van der Waals surface area contributed by atoms with E-state index >= 15 is 0 Å². The normalized spacial score (nSPS) is 15.1. The van der Waals surface area contributed by atoms with E-state index in [1.165, 1.54) is 4.68 Å². The van der Waals surface area contributed by atoms with Gasteiger partial charge in [-0.2, -0.15) is 5.10 Å². The molecule has 2 aromatic carbocycles. The van der Waals surface area contributed by atoms with E-state index in [9.17, 15) is 9.59 Å². The maximum Gasteiger partial charge on any atom is 0.274 e. The summed E-state index contributed by atoms with van der Waals surface area (Å²) in [5.74, 6) is 1.50. The topological polar surface area (TPSA) is 82.4 Å². The number of aryl methyl sites for hydroxylation is 1. The number of ether oxygens (including phenoxy) is 2. The van der Waals surface area contributed by atoms with Crippen molar-refractivity contribution in [1.82, 2.24) is 15.1 Å². The molecule has 3 aromatic rings. The van der Waals surface area contributed by atoms with Crippen molar-refractivity contribution < 1.29 is 14.3 Å². The number of hydrogen-bond acceptors (Lipinski definition) is 5. The van der Waals surface area contributed by atoms with E-state index in [-0.39, 0.29) is 29.8 Å². The number of rotatable bonds is 7. The summed E-state index contributed by atoms with van der Waals surface area (Å²) in [7, 11) is 3.23. The van der Waals surface area contributed by atoms with Gasteiger partial charge in [-0.05, 0) is 48.1 Å². The van der Waals surface area contributed by atoms with Gasteiger partial charge < -0.3 is 14.8 Å². The van der Waals surface area contributed by atoms with Gasteiger partial charge in [0.1, 0.15) is 0 Å². The van der Waals surface area contributed by atoms with Gasteiger partial charge in [-0.1, -0.05) is 32.0 Å². The minimum atomic E-state index is -0.121. The van der Waals surface area contributed by atoms with E-state index in [4.69, 9.17) is 9.47 Å². The van der Waals surface area contributed by atoms with Crippen LogP contribution in [0.5, 0.6) is 11.5 Å². The summed E-state index contributed by atoms with van der Waals surface area (Å²) in [5.41, 5.74) is 2.70. The van der Waals surface area contributed by atoms with E-state index in [0.717, 1.165) is 29.4 Å². The van der Waals surface area contributed by atoms with Gasteiger partial charge in [0, 0.05) is 11.9 Å². The van der Waals surface area contributed by atoms with Crippen LogP contribution in [0.4, 0.5) is 0 Å². The number of fused-ring (bicyclic) bond motifs is 2. The second kappa shape index (κ2) is 9.02. The fraction of sp³-hybridized carbons (Fsp3) is 0.400. The molecule has 168 valence electrons. The third-order valence-electron chi connectivity index (χ3n) is 5.87. The Morgan fingerprint density at radius 2 is 1.84 bits per heavy atom. The van der Waals surface area contributed by atoms with Gasteiger partial charge in [0.2, 0.25) is 5.91 Å². The molecule has 0 fully saturated rings. The van der Waals surface area contributed by atoms with Crippen LogP contribution < -0.4 is 20.3 Å². The maximum absolute atomic E-state index is 13.0. The van der Waals surface area contributed by atoms with Crippen molar-refractivity contribution >= 4 is 16.7 Å². The predicted octanol–water partition coefficient (Wildman–Crippen LogP) is 3.42. The number of carbonyl (C=O) groups excluding carboxylic acids is 1. The molecule has 0 aliphatic heterocycles. The van der Waals surface area contributed by atoms with E-state index in [1.807, 2.05) is 44.2 Å². The van der Waals surface area contributed by atoms with Crippen LogP contribution in [0.3, 0.4) is 0 Å². The Hall–Kier alpha value is -3.35. The molecule has 1 amide bonds. The molecule has 1 atom stereocenters. The van der Waals surface area contributed by atoms with E-state index in [0.29, 0.717) is 29.1 Å². The molecule has 1 N–H and O–H groups in total. The molecule has 32 heavy (non-hydrogen) atoms. The number of amides is 1. The summed E-state index contributed by atoms with van der Waals surface area (Å²) < 4.78 is 12.3. The highest BCUT2D eigenvalue weighted by Crippen LogP contribution is 2.39. The van der Waals surface area contributed by atoms with Crippen LogP contribution in [0.25, 0.3) is 10.8 Å². The Balaban J connectivity index is 1.60. The molecule has 7 heteroatoms. The van der Waals surface area contributed by atoms with Gasteiger partial charge >= 0.3 is 0 Å². The summed E-state index contributed by atoms with van der Waals surface area (Å²) in [6, 6.07) is 11.2. The molecule has 1 aliphatic rings. The lowest BCUT2D eigenvalue weighted by molar-refractivity contribution is -0.121. The highest BCUT2D eigenvalue weighted by Gasteiger charge is 2.27. The third kappa shape index (κ3) is 4.20. The molecule has 0 radical (unpaired) electrons. The van der Waals surface area contributed by atoms with Gasteiger partial charge in [-0.15, -0.1) is 0 Å². The molecule has 0 bridgehead atoms. The SMILES string of the molecule is COc1cc2c(cc1OC)C(NC(=O)Cc1nn(CC(C)C)c(=O)c3ccccc13)CC2. The summed E-state index contributed by atoms with van der Waals surface area (Å²) in [6.07, 6.45) is 1.79. The number of nitrogens with one attached hydrogen (secondary N) is 1. The number of nitrogens with zero attached hydrogens (tertiary/aromatic N) is 2. The summed E-state index contributed by atoms with van der Waals surface area (Å²) in [6.45, 7) is 4.59. The lowest BCUT2D eigenvalue weighted by Gasteiger charge is -2.17. The van der Waals surface area contributed by atoms with Crippen molar-refractivity contribution in [3.05, 3.63) is 63.6 Å². The van der Waals surface area contributed by atoms with Crippen LogP contribution in [0.2, 0.25) is 0 Å². The van der Waals surface area contributed by atoms with Gasteiger partial charge in [-0.25, -0.2) is 4.68 Å². The molecular weight excluding hydrogens is 406 g/mol. The van der Waals surface area contributed by atoms with Gasteiger partial charge in [-0.3, -0.25) is 9.59 Å². The Kier molecular flexibility index (Phi) is 6.17. The molecule has 0 spiro atoms. The van der Waals surface area contributed by atoms with Crippen molar-refractivity contribution in [3.8, 4) is 11.5 Å². The smallest absolute Gasteiger partial charge is 0.274 e. The average molecular weight is 436 g/mol. The number of hydrogen-bond donors (Lipinski definition) is 1. The highest BCUT2D eigenvalue weighted by atomic mass is 16.5. The zero-order valence-electron chi connectivity index (χ0n) is 19.0. The molecule has 1 heterocycles. The molecular formula is C25H29N3O4. The average Bonchev–Trinajstić information content (AvgIpc) is 3.16. The fourth-order valence-corrected chi connectivity index (χ4v) is 4.39. The second-order valence-electron chi connectivity index (χ2n) is 8.61. The summed E-state index contributed by atoms with van der Waals surface area (Å²) >= 11 is 0. The first-order valence-electron chi connectivity index (χ1n) is 10.9. The lowest BCUT2D eigenvalue weighted by Crippen LogP contribution is -2.31. The Bertz CT molecular complexity index is 1220. The van der Waals surface area contributed by atoms with Gasteiger partial charge in [0.25, 0.3) is 5.56 Å². The largest absolute Gasteiger partial charge is 0.493 e. The lowest BCUT2D eigenvalue weighted by atomic mass is 10.1. The highest BCUT2D eigenvalue weighted by molar-refractivity contribution is 5.88. The fourth-order valence-electron chi connectivity index (χ4n) is 4.39. The molecule has 0 saturated carbocycles. The maximum atomic E-state index is 13.0. The van der Waals surface area contributed by atoms with E-state index in [1.54, 1.807) is 20.3 Å². The quantitative estimate of drug-likeness (QED) is 0.615. The van der Waals surface area contributed by atoms with E-state index in [2.05, 4.69) is 10.4 Å². The number of aromatic nitrogens is 2. The number of methoxy groups -OCH3 is 2. The van der Waals surface area contributed by atoms with Crippen molar-refractivity contribution in [2.24, 2.45) is 5.92 Å². The van der Waals surface area contributed by atoms with Crippen molar-refractivity contribution in [2.45, 2.75) is 45.7 Å². The van der Waals surface area contributed by atoms with E-state index < -0.39 is 0 Å². The zero-order valence-corrected chi connectivity index (χ0v) is 19.0. The molecule has 1 unspecified atom stereocenters. The monoisotopic (exact) mass is 435 g/mol. The molecule has 1 aromatic heterocycles. The van der Waals surface area contributed by atoms with Gasteiger partial charge in [0.15, 0.2) is 11.5 Å². The predicted molar refractivity (Wildman–Crippen MR) is 123 cm³/mol. The Morgan fingerprint density at radius 1 is 1.16 bits per heavy atom. The first-order chi connectivity index (χ1) is 15.4. The van der Waals surface area contributed by atoms with Crippen LogP contribution in [0.15, 0.2) is 41.2 Å². The minimum Gasteiger partial charge on any atom is -0.493 e. The van der Waals surface area contributed by atoms with Crippen LogP contribution in [0, 0.1) is 5.92 Å². The third-order valence-corrected chi connectivity index (χ3v) is 5.87. The van der Waals surface area contributed by atoms with Crippen molar-refractivity contribution in [2.75, 3.05) is 14.2 Å². The first-order valence-corrected chi connectivity index (χ1v) is 10.9. The van der Waals surface area contributed by atoms with Crippen molar-refractivity contribution in [1.29, 1.82) is 0 Å². The second-order valence-corrected chi connectivity index (χ2v) is 8.61. The van der Waals surface area contributed by atoms with Crippen molar-refractivity contribution in [3.63, 3.8) is 0 Å². The zero-order chi connectivity index (χ0) is 22.8. The standard InChI is InChI=1S/C25H29N3O4/c1-15(2)14-28-25(30)18-8-6-5-7-17(18)21(27-28)13-24(29)26-20-10-9-16-11-22(31-3)23(32-4)12-19(16)20/h5-8,11-12,15,20H,9-10,13-14H2,1-4H3,(H,26,29). The Morgan fingerprint density at radius 3 is 2.53 bits per heavy atom. The summed E-state index contributed by atoms with van der Waals surface area (Å²) in [4.78, 5) is 25.8. The Labute approximate surface area is 187 Å². The van der Waals surface area contributed by atoms with Crippen LogP contribution in [-0.2, 0) is 24.2 Å². The molecule has 7 nitrogen and oxygen atoms in total. The van der Waals surface area contributed by atoms with Crippen LogP contribution in [-0.4, -0.2) is 29.9 Å². The number of benzene rings is 2. The molecule has 4 rings (SSSR count). The summed E-state index contributed by atoms with van der Waals surface area (Å²) in [5, 5.41) is 9.02.